The number of likely N-dealkylation sites (tertiary alicyclic amines) is 1. The molecule has 5 nitrogen and oxygen atoms in total. The predicted molar refractivity (Wildman–Crippen MR) is 125 cm³/mol. The molecule has 0 unspecified atom stereocenters. The van der Waals surface area contributed by atoms with Gasteiger partial charge in [0.05, 0.1) is 6.61 Å². The first-order chi connectivity index (χ1) is 15.0. The number of piperidine rings is 1. The topological polar surface area (TPSA) is 58.6 Å². The van der Waals surface area contributed by atoms with E-state index in [0.29, 0.717) is 12.5 Å². The summed E-state index contributed by atoms with van der Waals surface area (Å²) >= 11 is 0. The van der Waals surface area contributed by atoms with Crippen molar-refractivity contribution in [3.63, 3.8) is 0 Å². The average molecular weight is 421 g/mol. The lowest BCUT2D eigenvalue weighted by molar-refractivity contribution is -0.127. The zero-order valence-electron chi connectivity index (χ0n) is 18.5. The second-order valence-corrected chi connectivity index (χ2v) is 8.02. The molecule has 5 heteroatoms. The summed E-state index contributed by atoms with van der Waals surface area (Å²) in [6.07, 6.45) is 7.82. The summed E-state index contributed by atoms with van der Waals surface area (Å²) < 4.78 is 5.50. The quantitative estimate of drug-likeness (QED) is 0.616. The predicted octanol–water partition coefficient (Wildman–Crippen LogP) is 4.93. The SMILES string of the molecule is CCOc1ccc(CCC2CCN(C(=O)/C=C/c3ccc(NC(C)=O)cc3)CC2)cc1. The number of carbonyl (C=O) groups excluding carboxylic acids is 2. The van der Waals surface area contributed by atoms with Crippen LogP contribution in [0, 0.1) is 5.92 Å². The maximum atomic E-state index is 12.5. The number of hydrogen-bond acceptors (Lipinski definition) is 3. The number of benzene rings is 2. The minimum absolute atomic E-state index is 0.0656. The van der Waals surface area contributed by atoms with Crippen molar-refractivity contribution in [1.29, 1.82) is 0 Å². The average Bonchev–Trinajstić information content (AvgIpc) is 2.78. The van der Waals surface area contributed by atoms with E-state index in [4.69, 9.17) is 4.74 Å². The Bertz CT molecular complexity index is 880. The highest BCUT2D eigenvalue weighted by molar-refractivity contribution is 5.92. The van der Waals surface area contributed by atoms with Gasteiger partial charge in [0.2, 0.25) is 11.8 Å². The second-order valence-electron chi connectivity index (χ2n) is 8.02. The van der Waals surface area contributed by atoms with Crippen molar-refractivity contribution in [3.05, 3.63) is 65.7 Å². The maximum absolute atomic E-state index is 12.5. The highest BCUT2D eigenvalue weighted by Crippen LogP contribution is 2.23. The number of hydrogen-bond donors (Lipinski definition) is 1. The summed E-state index contributed by atoms with van der Waals surface area (Å²) in [6.45, 7) is 5.80. The summed E-state index contributed by atoms with van der Waals surface area (Å²) in [5.74, 6) is 1.56. The van der Waals surface area contributed by atoms with Gasteiger partial charge in [-0.1, -0.05) is 24.3 Å². The molecule has 1 fully saturated rings. The number of carbonyl (C=O) groups is 2. The molecule has 1 aliphatic heterocycles. The first-order valence-corrected chi connectivity index (χ1v) is 11.1. The third-order valence-electron chi connectivity index (χ3n) is 5.65. The molecular formula is C26H32N2O3. The largest absolute Gasteiger partial charge is 0.494 e. The minimum Gasteiger partial charge on any atom is -0.494 e. The van der Waals surface area contributed by atoms with Crippen LogP contribution in [0.4, 0.5) is 5.69 Å². The van der Waals surface area contributed by atoms with Crippen LogP contribution in [0.15, 0.2) is 54.6 Å². The molecule has 2 aromatic carbocycles. The molecule has 2 aromatic rings. The molecule has 2 amide bonds. The Labute approximate surface area is 185 Å². The maximum Gasteiger partial charge on any atom is 0.246 e. The van der Waals surface area contributed by atoms with Crippen molar-refractivity contribution >= 4 is 23.6 Å². The van der Waals surface area contributed by atoms with Gasteiger partial charge in [0.25, 0.3) is 0 Å². The number of nitrogens with zero attached hydrogens (tertiary/aromatic N) is 1. The molecule has 1 heterocycles. The van der Waals surface area contributed by atoms with Crippen molar-refractivity contribution in [2.45, 2.75) is 39.5 Å². The van der Waals surface area contributed by atoms with Crippen LogP contribution in [0.3, 0.4) is 0 Å². The van der Waals surface area contributed by atoms with Crippen LogP contribution >= 0.6 is 0 Å². The van der Waals surface area contributed by atoms with Gasteiger partial charge >= 0.3 is 0 Å². The fourth-order valence-electron chi connectivity index (χ4n) is 3.89. The highest BCUT2D eigenvalue weighted by atomic mass is 16.5. The Morgan fingerprint density at radius 1 is 1.06 bits per heavy atom. The molecule has 0 aliphatic carbocycles. The highest BCUT2D eigenvalue weighted by Gasteiger charge is 2.21. The van der Waals surface area contributed by atoms with Gasteiger partial charge < -0.3 is 15.0 Å². The van der Waals surface area contributed by atoms with Gasteiger partial charge in [0.1, 0.15) is 5.75 Å². The first kappa shape index (κ1) is 22.6. The van der Waals surface area contributed by atoms with E-state index in [0.717, 1.165) is 55.8 Å². The lowest BCUT2D eigenvalue weighted by Crippen LogP contribution is -2.37. The molecule has 0 bridgehead atoms. The normalized spacial score (nSPS) is 14.6. The molecule has 0 aromatic heterocycles. The van der Waals surface area contributed by atoms with Crippen LogP contribution in [0.1, 0.15) is 44.2 Å². The number of anilines is 1. The zero-order chi connectivity index (χ0) is 22.1. The standard InChI is InChI=1S/C26H32N2O3/c1-3-31-25-13-8-21(9-14-25)4-5-23-16-18-28(19-17-23)26(30)15-10-22-6-11-24(12-7-22)27-20(2)29/h6-15,23H,3-5,16-19H2,1-2H3,(H,27,29)/b15-10+. The number of nitrogens with one attached hydrogen (secondary N) is 1. The Morgan fingerprint density at radius 2 is 1.74 bits per heavy atom. The van der Waals surface area contributed by atoms with E-state index >= 15 is 0 Å². The van der Waals surface area contributed by atoms with Gasteiger partial charge in [-0.2, -0.15) is 0 Å². The minimum atomic E-state index is -0.0960. The number of ether oxygens (including phenoxy) is 1. The molecule has 1 aliphatic rings. The summed E-state index contributed by atoms with van der Waals surface area (Å²) in [6, 6.07) is 15.8. The summed E-state index contributed by atoms with van der Waals surface area (Å²) in [5.41, 5.74) is 3.03. The van der Waals surface area contributed by atoms with Crippen LogP contribution in [-0.4, -0.2) is 36.4 Å². The summed E-state index contributed by atoms with van der Waals surface area (Å²) in [4.78, 5) is 25.5. The van der Waals surface area contributed by atoms with E-state index in [2.05, 4.69) is 17.4 Å². The van der Waals surface area contributed by atoms with Gasteiger partial charge in [-0.05, 0) is 80.0 Å². The molecular weight excluding hydrogens is 388 g/mol. The van der Waals surface area contributed by atoms with E-state index in [-0.39, 0.29) is 11.8 Å². The number of rotatable bonds is 8. The lowest BCUT2D eigenvalue weighted by Gasteiger charge is -2.31. The molecule has 1 saturated heterocycles. The molecule has 0 radical (unpaired) electrons. The van der Waals surface area contributed by atoms with E-state index in [9.17, 15) is 9.59 Å². The van der Waals surface area contributed by atoms with Gasteiger partial charge in [-0.3, -0.25) is 9.59 Å². The van der Waals surface area contributed by atoms with Gasteiger partial charge in [0, 0.05) is 31.8 Å². The Balaban J connectivity index is 1.41. The van der Waals surface area contributed by atoms with Gasteiger partial charge in [0.15, 0.2) is 0 Å². The third-order valence-corrected chi connectivity index (χ3v) is 5.65. The van der Waals surface area contributed by atoms with Crippen LogP contribution in [0.2, 0.25) is 0 Å². The van der Waals surface area contributed by atoms with Gasteiger partial charge in [-0.15, -0.1) is 0 Å². The third kappa shape index (κ3) is 7.28. The Morgan fingerprint density at radius 3 is 2.35 bits per heavy atom. The fraction of sp³-hybridized carbons (Fsp3) is 0.385. The van der Waals surface area contributed by atoms with Crippen molar-refractivity contribution in [3.8, 4) is 5.75 Å². The van der Waals surface area contributed by atoms with Crippen molar-refractivity contribution in [2.75, 3.05) is 25.0 Å². The fourth-order valence-corrected chi connectivity index (χ4v) is 3.89. The Hall–Kier alpha value is -3.08. The lowest BCUT2D eigenvalue weighted by atomic mass is 9.90. The summed E-state index contributed by atoms with van der Waals surface area (Å²) in [7, 11) is 0. The van der Waals surface area contributed by atoms with Crippen molar-refractivity contribution < 1.29 is 14.3 Å². The molecule has 0 spiro atoms. The van der Waals surface area contributed by atoms with Crippen LogP contribution < -0.4 is 10.1 Å². The van der Waals surface area contributed by atoms with Crippen molar-refractivity contribution in [1.82, 2.24) is 4.90 Å². The summed E-state index contributed by atoms with van der Waals surface area (Å²) in [5, 5.41) is 2.74. The second kappa shape index (κ2) is 11.3. The van der Waals surface area contributed by atoms with Crippen LogP contribution in [0.25, 0.3) is 6.08 Å². The zero-order valence-corrected chi connectivity index (χ0v) is 18.5. The Kier molecular flexibility index (Phi) is 8.27. The van der Waals surface area contributed by atoms with E-state index in [1.807, 2.05) is 54.3 Å². The van der Waals surface area contributed by atoms with Crippen molar-refractivity contribution in [2.24, 2.45) is 5.92 Å². The van der Waals surface area contributed by atoms with E-state index in [1.54, 1.807) is 6.08 Å². The smallest absolute Gasteiger partial charge is 0.246 e. The number of amides is 2. The molecule has 164 valence electrons. The molecule has 0 saturated carbocycles. The molecule has 31 heavy (non-hydrogen) atoms. The van der Waals surface area contributed by atoms with Gasteiger partial charge in [-0.25, -0.2) is 0 Å². The number of aryl methyl sites for hydroxylation is 1. The molecule has 0 atom stereocenters. The molecule has 1 N–H and O–H groups in total. The molecule has 3 rings (SSSR count). The van der Waals surface area contributed by atoms with Crippen LogP contribution in [0.5, 0.6) is 5.75 Å². The van der Waals surface area contributed by atoms with E-state index < -0.39 is 0 Å². The van der Waals surface area contributed by atoms with E-state index in [1.165, 1.54) is 12.5 Å². The van der Waals surface area contributed by atoms with Crippen LogP contribution in [-0.2, 0) is 16.0 Å². The first-order valence-electron chi connectivity index (χ1n) is 11.1. The monoisotopic (exact) mass is 420 g/mol.